The zero-order chi connectivity index (χ0) is 22.5. The molecule has 6 N–H and O–H groups in total. The van der Waals surface area contributed by atoms with Crippen LogP contribution in [0.1, 0.15) is 46.9 Å². The zero-order valence-corrected chi connectivity index (χ0v) is 17.4. The summed E-state index contributed by atoms with van der Waals surface area (Å²) in [4.78, 5) is 12.8. The van der Waals surface area contributed by atoms with Crippen molar-refractivity contribution in [2.45, 2.75) is 48.8 Å². The number of aliphatic hydroxyl groups excluding tert-OH is 4. The Hall–Kier alpha value is -1.84. The fraction of sp³-hybridized carbons (Fsp3) is 0.435. The fourth-order valence-corrected chi connectivity index (χ4v) is 4.58. The number of benzene rings is 2. The Labute approximate surface area is 184 Å². The number of Topliss-reactive ketones (excluding diaryl/α,β-unsaturated/α-hetero) is 1. The topological polar surface area (TPSA) is 138 Å². The van der Waals surface area contributed by atoms with Crippen LogP contribution in [0.25, 0.3) is 0 Å². The van der Waals surface area contributed by atoms with Crippen LogP contribution in [0.5, 0.6) is 0 Å². The van der Waals surface area contributed by atoms with Gasteiger partial charge in [0.05, 0.1) is 30.7 Å². The highest BCUT2D eigenvalue weighted by atomic mass is 35.5. The van der Waals surface area contributed by atoms with E-state index in [4.69, 9.17) is 11.6 Å². The molecule has 0 aromatic heterocycles. The van der Waals surface area contributed by atoms with Crippen molar-refractivity contribution in [2.24, 2.45) is 5.92 Å². The Bertz CT molecular complexity index is 970. The minimum absolute atomic E-state index is 0.0389. The molecule has 2 aliphatic carbocycles. The number of ketones is 1. The summed E-state index contributed by atoms with van der Waals surface area (Å²) >= 11 is 6.25. The van der Waals surface area contributed by atoms with Crippen LogP contribution in [0.4, 0.5) is 0 Å². The molecule has 2 aromatic carbocycles. The molecule has 2 aliphatic rings. The molecule has 0 aliphatic heterocycles. The predicted octanol–water partition coefficient (Wildman–Crippen LogP) is 0.761. The Kier molecular flexibility index (Phi) is 5.95. The lowest BCUT2D eigenvalue weighted by atomic mass is 9.71. The Morgan fingerprint density at radius 3 is 2.10 bits per heavy atom. The van der Waals surface area contributed by atoms with Gasteiger partial charge in [-0.25, -0.2) is 0 Å². The summed E-state index contributed by atoms with van der Waals surface area (Å²) in [7, 11) is 0. The Morgan fingerprint density at radius 2 is 1.52 bits per heavy atom. The Morgan fingerprint density at radius 1 is 0.903 bits per heavy atom. The number of rotatable bonds is 5. The molecule has 5 unspecified atom stereocenters. The van der Waals surface area contributed by atoms with Crippen molar-refractivity contribution in [3.05, 3.63) is 69.7 Å². The summed E-state index contributed by atoms with van der Waals surface area (Å²) in [5.74, 6) is -5.17. The van der Waals surface area contributed by atoms with Gasteiger partial charge in [-0.1, -0.05) is 41.9 Å². The van der Waals surface area contributed by atoms with Crippen molar-refractivity contribution in [3.63, 3.8) is 0 Å². The molecule has 0 spiro atoms. The smallest absolute Gasteiger partial charge is 0.218 e. The third-order valence-electron chi connectivity index (χ3n) is 6.41. The summed E-state index contributed by atoms with van der Waals surface area (Å²) in [6, 6.07) is 11.0. The van der Waals surface area contributed by atoms with Gasteiger partial charge in [0.1, 0.15) is 6.10 Å². The maximum atomic E-state index is 12.8. The molecule has 7 nitrogen and oxygen atoms in total. The predicted molar refractivity (Wildman–Crippen MR) is 111 cm³/mol. The molecule has 31 heavy (non-hydrogen) atoms. The highest BCUT2D eigenvalue weighted by Gasteiger charge is 2.49. The van der Waals surface area contributed by atoms with Crippen molar-refractivity contribution < 1.29 is 35.4 Å². The molecule has 0 radical (unpaired) electrons. The lowest BCUT2D eigenvalue weighted by Gasteiger charge is -2.39. The average molecular weight is 449 g/mol. The molecule has 0 heterocycles. The van der Waals surface area contributed by atoms with Crippen molar-refractivity contribution in [2.75, 3.05) is 6.61 Å². The number of hydrogen-bond donors (Lipinski definition) is 6. The van der Waals surface area contributed by atoms with E-state index in [1.807, 2.05) is 12.1 Å². The van der Waals surface area contributed by atoms with Gasteiger partial charge < -0.3 is 30.6 Å². The fourth-order valence-electron chi connectivity index (χ4n) is 4.33. The largest absolute Gasteiger partial charge is 0.396 e. The number of aliphatic hydroxyl groups is 6. The van der Waals surface area contributed by atoms with Crippen LogP contribution in [0.15, 0.2) is 42.5 Å². The molecular formula is C23H25ClO7. The third kappa shape index (κ3) is 3.91. The van der Waals surface area contributed by atoms with Gasteiger partial charge in [-0.15, -0.1) is 0 Å². The van der Waals surface area contributed by atoms with Gasteiger partial charge in [0, 0.05) is 16.1 Å². The summed E-state index contributed by atoms with van der Waals surface area (Å²) in [5, 5.41) is 61.9. The SMILES string of the molecule is O=C1C(CO)C(O)C(O)C(O)C1c1ccc(Cl)c(C(O)(O)c2ccc(C3CC3)cc2)c1. The van der Waals surface area contributed by atoms with Crippen LogP contribution in [-0.4, -0.2) is 61.3 Å². The van der Waals surface area contributed by atoms with E-state index in [1.165, 1.54) is 18.2 Å². The molecule has 4 rings (SSSR count). The molecule has 0 amide bonds. The van der Waals surface area contributed by atoms with E-state index in [2.05, 4.69) is 0 Å². The van der Waals surface area contributed by atoms with Crippen molar-refractivity contribution in [1.82, 2.24) is 0 Å². The van der Waals surface area contributed by atoms with Crippen molar-refractivity contribution in [1.29, 1.82) is 0 Å². The maximum absolute atomic E-state index is 12.8. The van der Waals surface area contributed by atoms with Crippen LogP contribution in [0.3, 0.4) is 0 Å². The molecule has 166 valence electrons. The summed E-state index contributed by atoms with van der Waals surface area (Å²) in [6.07, 6.45) is -2.66. The maximum Gasteiger partial charge on any atom is 0.218 e. The van der Waals surface area contributed by atoms with E-state index in [9.17, 15) is 35.4 Å². The van der Waals surface area contributed by atoms with E-state index in [1.54, 1.807) is 12.1 Å². The van der Waals surface area contributed by atoms with Crippen LogP contribution in [0.2, 0.25) is 5.02 Å². The summed E-state index contributed by atoms with van der Waals surface area (Å²) < 4.78 is 0. The van der Waals surface area contributed by atoms with Gasteiger partial charge in [0.25, 0.3) is 0 Å². The van der Waals surface area contributed by atoms with Gasteiger partial charge in [0.15, 0.2) is 5.78 Å². The second kappa shape index (κ2) is 8.26. The zero-order valence-electron chi connectivity index (χ0n) is 16.6. The highest BCUT2D eigenvalue weighted by Crippen LogP contribution is 2.42. The van der Waals surface area contributed by atoms with E-state index in [0.29, 0.717) is 5.92 Å². The van der Waals surface area contributed by atoms with Gasteiger partial charge in [-0.3, -0.25) is 4.79 Å². The normalized spacial score (nSPS) is 29.3. The van der Waals surface area contributed by atoms with E-state index < -0.39 is 48.3 Å². The molecule has 0 saturated heterocycles. The number of halogens is 1. The first kappa shape index (κ1) is 22.4. The van der Waals surface area contributed by atoms with Crippen LogP contribution in [0, 0.1) is 5.92 Å². The van der Waals surface area contributed by atoms with Crippen LogP contribution >= 0.6 is 11.6 Å². The summed E-state index contributed by atoms with van der Waals surface area (Å²) in [6.45, 7) is -0.696. The number of hydrogen-bond acceptors (Lipinski definition) is 7. The molecule has 2 saturated carbocycles. The Balaban J connectivity index is 1.71. The molecule has 2 fully saturated rings. The van der Waals surface area contributed by atoms with Crippen molar-refractivity contribution >= 4 is 17.4 Å². The average Bonchev–Trinajstić information content (AvgIpc) is 3.59. The van der Waals surface area contributed by atoms with Crippen LogP contribution in [-0.2, 0) is 10.6 Å². The minimum Gasteiger partial charge on any atom is -0.396 e. The van der Waals surface area contributed by atoms with Crippen LogP contribution < -0.4 is 0 Å². The number of carbonyl (C=O) groups is 1. The lowest BCUT2D eigenvalue weighted by Crippen LogP contribution is -2.56. The molecule has 8 heteroatoms. The quantitative estimate of drug-likeness (QED) is 0.371. The van der Waals surface area contributed by atoms with E-state index in [0.717, 1.165) is 18.4 Å². The minimum atomic E-state index is -2.47. The molecule has 2 aromatic rings. The highest BCUT2D eigenvalue weighted by molar-refractivity contribution is 6.31. The first-order valence-electron chi connectivity index (χ1n) is 10.2. The second-order valence-corrected chi connectivity index (χ2v) is 8.86. The van der Waals surface area contributed by atoms with E-state index in [-0.39, 0.29) is 21.7 Å². The summed E-state index contributed by atoms with van der Waals surface area (Å²) in [5.41, 5.74) is 1.41. The number of carbonyl (C=O) groups excluding carboxylic acids is 1. The lowest BCUT2D eigenvalue weighted by molar-refractivity contribution is -0.158. The van der Waals surface area contributed by atoms with Crippen molar-refractivity contribution in [3.8, 4) is 0 Å². The molecule has 0 bridgehead atoms. The second-order valence-electron chi connectivity index (χ2n) is 8.45. The van der Waals surface area contributed by atoms with Gasteiger partial charge >= 0.3 is 0 Å². The monoisotopic (exact) mass is 448 g/mol. The van der Waals surface area contributed by atoms with Gasteiger partial charge in [-0.2, -0.15) is 0 Å². The molecular weight excluding hydrogens is 424 g/mol. The molecule has 5 atom stereocenters. The first-order valence-corrected chi connectivity index (χ1v) is 10.6. The van der Waals surface area contributed by atoms with Gasteiger partial charge in [0.2, 0.25) is 5.79 Å². The first-order chi connectivity index (χ1) is 14.7. The van der Waals surface area contributed by atoms with Gasteiger partial charge in [-0.05, 0) is 42.0 Å². The standard InChI is InChI=1S/C23H25ClO7/c24-17-8-5-13(18-19(26)15(10-25)20(27)22(29)21(18)28)9-16(17)23(30,31)14-6-3-12(4-7-14)11-1-2-11/h3-9,11,15,18,20-22,25,27-31H,1-2,10H2. The third-order valence-corrected chi connectivity index (χ3v) is 6.74. The van der Waals surface area contributed by atoms with E-state index >= 15 is 0 Å².